The first-order valence-electron chi connectivity index (χ1n) is 6.36. The monoisotopic (exact) mass is 273 g/mol. The maximum atomic E-state index is 8.96. The summed E-state index contributed by atoms with van der Waals surface area (Å²) < 4.78 is 0. The molecule has 0 radical (unpaired) electrons. The Morgan fingerprint density at radius 1 is 1.32 bits per heavy atom. The first kappa shape index (κ1) is 12.3. The number of hydrogen-bond donors (Lipinski definition) is 0. The fraction of sp³-hybridized carbons (Fsp3) is 0.462. The van der Waals surface area contributed by atoms with Crippen LogP contribution in [0.4, 0.5) is 5.82 Å². The summed E-state index contributed by atoms with van der Waals surface area (Å²) in [7, 11) is 0. The molecular formula is C13H15N5S. The maximum absolute atomic E-state index is 8.96. The highest BCUT2D eigenvalue weighted by Gasteiger charge is 2.22. The van der Waals surface area contributed by atoms with E-state index in [0.29, 0.717) is 0 Å². The molecule has 5 nitrogen and oxygen atoms in total. The second-order valence-corrected chi connectivity index (χ2v) is 5.56. The molecule has 0 saturated carbocycles. The van der Waals surface area contributed by atoms with Crippen LogP contribution in [-0.4, -0.2) is 47.1 Å². The summed E-state index contributed by atoms with van der Waals surface area (Å²) >= 11 is 1.64. The Bertz CT molecular complexity index is 609. The zero-order valence-corrected chi connectivity index (χ0v) is 11.6. The second-order valence-electron chi connectivity index (χ2n) is 4.66. The van der Waals surface area contributed by atoms with Gasteiger partial charge in [0.05, 0.1) is 17.5 Å². The van der Waals surface area contributed by atoms with Crippen LogP contribution in [0.15, 0.2) is 17.8 Å². The first-order chi connectivity index (χ1) is 9.29. The van der Waals surface area contributed by atoms with E-state index in [4.69, 9.17) is 5.26 Å². The molecule has 0 N–H and O–H groups in total. The van der Waals surface area contributed by atoms with Crippen LogP contribution in [0.25, 0.3) is 10.2 Å². The van der Waals surface area contributed by atoms with Crippen LogP contribution in [0.5, 0.6) is 0 Å². The molecule has 0 aliphatic carbocycles. The third-order valence-corrected chi connectivity index (χ3v) is 4.41. The van der Waals surface area contributed by atoms with Gasteiger partial charge < -0.3 is 4.90 Å². The fourth-order valence-electron chi connectivity index (χ4n) is 2.43. The lowest BCUT2D eigenvalue weighted by molar-refractivity contribution is 0.231. The van der Waals surface area contributed by atoms with Crippen LogP contribution < -0.4 is 4.90 Å². The number of anilines is 1. The molecule has 6 heteroatoms. The van der Waals surface area contributed by atoms with Crippen molar-refractivity contribution in [1.29, 1.82) is 5.26 Å². The molecule has 98 valence electrons. The van der Waals surface area contributed by atoms with Crippen molar-refractivity contribution < 1.29 is 0 Å². The predicted molar refractivity (Wildman–Crippen MR) is 76.3 cm³/mol. The van der Waals surface area contributed by atoms with Gasteiger partial charge in [0.15, 0.2) is 0 Å². The van der Waals surface area contributed by atoms with E-state index < -0.39 is 0 Å². The molecule has 0 bridgehead atoms. The highest BCUT2D eigenvalue weighted by atomic mass is 32.1. The third-order valence-electron chi connectivity index (χ3n) is 3.59. The van der Waals surface area contributed by atoms with Crippen LogP contribution in [-0.2, 0) is 0 Å². The Hall–Kier alpha value is -1.71. The third kappa shape index (κ3) is 2.27. The molecule has 0 amide bonds. The van der Waals surface area contributed by atoms with Crippen molar-refractivity contribution in [2.75, 3.05) is 31.1 Å². The van der Waals surface area contributed by atoms with Crippen molar-refractivity contribution in [2.24, 2.45) is 0 Å². The van der Waals surface area contributed by atoms with Gasteiger partial charge in [-0.1, -0.05) is 0 Å². The summed E-state index contributed by atoms with van der Waals surface area (Å²) in [4.78, 5) is 14.3. The van der Waals surface area contributed by atoms with Gasteiger partial charge in [-0.2, -0.15) is 5.26 Å². The molecule has 0 spiro atoms. The Kier molecular flexibility index (Phi) is 3.32. The highest BCUT2D eigenvalue weighted by molar-refractivity contribution is 7.16. The molecule has 2 aromatic heterocycles. The molecule has 0 aromatic carbocycles. The van der Waals surface area contributed by atoms with Gasteiger partial charge in [-0.15, -0.1) is 11.3 Å². The predicted octanol–water partition coefficient (Wildman–Crippen LogP) is 1.73. The van der Waals surface area contributed by atoms with Crippen molar-refractivity contribution in [3.8, 4) is 6.07 Å². The first-order valence-corrected chi connectivity index (χ1v) is 7.24. The summed E-state index contributed by atoms with van der Waals surface area (Å²) in [6.07, 6.45) is 1.64. The number of thiophene rings is 1. The zero-order chi connectivity index (χ0) is 13.2. The van der Waals surface area contributed by atoms with Gasteiger partial charge in [0.1, 0.15) is 17.0 Å². The second kappa shape index (κ2) is 5.11. The van der Waals surface area contributed by atoms with Crippen molar-refractivity contribution in [1.82, 2.24) is 14.9 Å². The average molecular weight is 273 g/mol. The molecule has 1 saturated heterocycles. The largest absolute Gasteiger partial charge is 0.353 e. The molecule has 3 heterocycles. The minimum atomic E-state index is -0.00582. The quantitative estimate of drug-likeness (QED) is 0.834. The molecule has 1 fully saturated rings. The van der Waals surface area contributed by atoms with Gasteiger partial charge >= 0.3 is 0 Å². The Morgan fingerprint density at radius 2 is 2.11 bits per heavy atom. The van der Waals surface area contributed by atoms with Gasteiger partial charge in [0, 0.05) is 26.2 Å². The van der Waals surface area contributed by atoms with Crippen LogP contribution in [0, 0.1) is 11.3 Å². The maximum Gasteiger partial charge on any atom is 0.140 e. The lowest BCUT2D eigenvalue weighted by Gasteiger charge is -2.36. The number of piperazine rings is 1. The minimum Gasteiger partial charge on any atom is -0.353 e. The highest BCUT2D eigenvalue weighted by Crippen LogP contribution is 2.27. The summed E-state index contributed by atoms with van der Waals surface area (Å²) in [5.41, 5.74) is 0. The average Bonchev–Trinajstić information content (AvgIpc) is 2.95. The van der Waals surface area contributed by atoms with E-state index in [2.05, 4.69) is 37.3 Å². The number of nitriles is 1. The number of aromatic nitrogens is 2. The van der Waals surface area contributed by atoms with Gasteiger partial charge in [0.25, 0.3) is 0 Å². The van der Waals surface area contributed by atoms with Gasteiger partial charge in [-0.05, 0) is 18.4 Å². The van der Waals surface area contributed by atoms with E-state index in [-0.39, 0.29) is 6.04 Å². The Labute approximate surface area is 116 Å². The van der Waals surface area contributed by atoms with E-state index in [1.54, 1.807) is 17.7 Å². The molecule has 1 atom stereocenters. The Balaban J connectivity index is 1.79. The molecule has 19 heavy (non-hydrogen) atoms. The van der Waals surface area contributed by atoms with E-state index in [1.807, 2.05) is 6.92 Å². The summed E-state index contributed by atoms with van der Waals surface area (Å²) in [5.74, 6) is 1.02. The lowest BCUT2D eigenvalue weighted by Crippen LogP contribution is -2.49. The van der Waals surface area contributed by atoms with E-state index in [1.165, 1.54) is 0 Å². The SMILES string of the molecule is CC(C#N)N1CCN(c2ncnc3sccc23)CC1. The minimum absolute atomic E-state index is 0.00582. The van der Waals surface area contributed by atoms with Crippen molar-refractivity contribution in [3.63, 3.8) is 0 Å². The Morgan fingerprint density at radius 3 is 2.84 bits per heavy atom. The van der Waals surface area contributed by atoms with Crippen molar-refractivity contribution in [2.45, 2.75) is 13.0 Å². The van der Waals surface area contributed by atoms with Gasteiger partial charge in [-0.25, -0.2) is 9.97 Å². The summed E-state index contributed by atoms with van der Waals surface area (Å²) in [5, 5.41) is 12.1. The van der Waals surface area contributed by atoms with Crippen molar-refractivity contribution in [3.05, 3.63) is 17.8 Å². The standard InChI is InChI=1S/C13H15N5S/c1-10(8-14)17-3-5-18(6-4-17)12-11-2-7-19-13(11)16-9-15-12/h2,7,9-10H,3-6H2,1H3. The zero-order valence-electron chi connectivity index (χ0n) is 10.8. The molecule has 3 rings (SSSR count). The lowest BCUT2D eigenvalue weighted by atomic mass is 10.2. The topological polar surface area (TPSA) is 56.1 Å². The molecule has 2 aromatic rings. The van der Waals surface area contributed by atoms with Crippen LogP contribution in [0.1, 0.15) is 6.92 Å². The smallest absolute Gasteiger partial charge is 0.140 e. The number of nitrogens with zero attached hydrogens (tertiary/aromatic N) is 5. The van der Waals surface area contributed by atoms with Gasteiger partial charge in [0.2, 0.25) is 0 Å². The van der Waals surface area contributed by atoms with E-state index >= 15 is 0 Å². The van der Waals surface area contributed by atoms with Crippen molar-refractivity contribution >= 4 is 27.4 Å². The van der Waals surface area contributed by atoms with E-state index in [9.17, 15) is 0 Å². The number of hydrogen-bond acceptors (Lipinski definition) is 6. The van der Waals surface area contributed by atoms with E-state index in [0.717, 1.165) is 42.2 Å². The molecule has 1 aliphatic heterocycles. The molecular weight excluding hydrogens is 258 g/mol. The summed E-state index contributed by atoms with van der Waals surface area (Å²) in [6.45, 7) is 5.59. The van der Waals surface area contributed by atoms with Crippen LogP contribution in [0.3, 0.4) is 0 Å². The van der Waals surface area contributed by atoms with Crippen LogP contribution >= 0.6 is 11.3 Å². The number of fused-ring (bicyclic) bond motifs is 1. The molecule has 1 unspecified atom stereocenters. The van der Waals surface area contributed by atoms with Gasteiger partial charge in [-0.3, -0.25) is 4.90 Å². The fourth-order valence-corrected chi connectivity index (χ4v) is 3.16. The van der Waals surface area contributed by atoms with Crippen LogP contribution in [0.2, 0.25) is 0 Å². The normalized spacial score (nSPS) is 18.4. The number of rotatable bonds is 2. The summed E-state index contributed by atoms with van der Waals surface area (Å²) in [6, 6.07) is 4.38. The molecule has 1 aliphatic rings.